The highest BCUT2D eigenvalue weighted by molar-refractivity contribution is 7.92. The molecule has 0 bridgehead atoms. The van der Waals surface area contributed by atoms with Gasteiger partial charge in [-0.2, -0.15) is 0 Å². The maximum absolute atomic E-state index is 12.9. The normalized spacial score (nSPS) is 12.5. The summed E-state index contributed by atoms with van der Waals surface area (Å²) in [5.41, 5.74) is 3.05. The Hall–Kier alpha value is -2.84. The molecule has 0 aliphatic carbocycles. The summed E-state index contributed by atoms with van der Waals surface area (Å²) in [6.07, 6.45) is 0. The number of rotatable bonds is 6. The zero-order valence-corrected chi connectivity index (χ0v) is 19.2. The SMILES string of the molecule is COC(=O)CS(=O)(=O)c1ccc(C(C)NC(=O)c2cc3c(Cl)cc(C)cc3n2C)cc1. The summed E-state index contributed by atoms with van der Waals surface area (Å²) in [5, 5.41) is 4.30. The van der Waals surface area contributed by atoms with Crippen LogP contribution in [0.2, 0.25) is 5.02 Å². The predicted molar refractivity (Wildman–Crippen MR) is 119 cm³/mol. The van der Waals surface area contributed by atoms with Crippen LogP contribution in [0.1, 0.15) is 34.6 Å². The van der Waals surface area contributed by atoms with Crippen LogP contribution in [0, 0.1) is 6.92 Å². The van der Waals surface area contributed by atoms with Crippen molar-refractivity contribution in [3.8, 4) is 0 Å². The molecule has 1 N–H and O–H groups in total. The third kappa shape index (κ3) is 4.75. The van der Waals surface area contributed by atoms with Gasteiger partial charge in [0.15, 0.2) is 15.6 Å². The Bertz CT molecular complexity index is 1260. The van der Waals surface area contributed by atoms with Crippen molar-refractivity contribution in [1.29, 1.82) is 0 Å². The highest BCUT2D eigenvalue weighted by Gasteiger charge is 2.21. The van der Waals surface area contributed by atoms with Crippen molar-refractivity contribution < 1.29 is 22.7 Å². The molecule has 0 spiro atoms. The Labute approximate surface area is 185 Å². The first-order chi connectivity index (χ1) is 14.5. The van der Waals surface area contributed by atoms with Crippen molar-refractivity contribution in [2.45, 2.75) is 24.8 Å². The summed E-state index contributed by atoms with van der Waals surface area (Å²) in [6.45, 7) is 3.74. The smallest absolute Gasteiger partial charge is 0.321 e. The molecule has 2 aromatic carbocycles. The Balaban J connectivity index is 1.79. The van der Waals surface area contributed by atoms with Crippen LogP contribution >= 0.6 is 11.6 Å². The number of fused-ring (bicyclic) bond motifs is 1. The molecule has 7 nitrogen and oxygen atoms in total. The van der Waals surface area contributed by atoms with Gasteiger partial charge in [-0.15, -0.1) is 0 Å². The number of amides is 1. The zero-order valence-electron chi connectivity index (χ0n) is 17.6. The minimum absolute atomic E-state index is 0.0128. The molecule has 1 unspecified atom stereocenters. The van der Waals surface area contributed by atoms with Crippen LogP contribution in [0.5, 0.6) is 0 Å². The van der Waals surface area contributed by atoms with E-state index >= 15 is 0 Å². The molecule has 1 aromatic heterocycles. The lowest BCUT2D eigenvalue weighted by Gasteiger charge is -2.15. The summed E-state index contributed by atoms with van der Waals surface area (Å²) in [5.74, 6) is -1.82. The van der Waals surface area contributed by atoms with E-state index in [1.165, 1.54) is 12.1 Å². The topological polar surface area (TPSA) is 94.5 Å². The van der Waals surface area contributed by atoms with Gasteiger partial charge in [-0.25, -0.2) is 8.42 Å². The van der Waals surface area contributed by atoms with E-state index in [9.17, 15) is 18.0 Å². The van der Waals surface area contributed by atoms with E-state index in [1.807, 2.05) is 19.1 Å². The molecule has 0 aliphatic rings. The Morgan fingerprint density at radius 3 is 2.42 bits per heavy atom. The number of halogens is 1. The molecule has 9 heteroatoms. The van der Waals surface area contributed by atoms with Gasteiger partial charge in [0.1, 0.15) is 5.69 Å². The first-order valence-electron chi connectivity index (χ1n) is 9.49. The van der Waals surface area contributed by atoms with Crippen LogP contribution in [0.25, 0.3) is 10.9 Å². The van der Waals surface area contributed by atoms with Crippen molar-refractivity contribution in [3.63, 3.8) is 0 Å². The molecule has 0 aliphatic heterocycles. The van der Waals surface area contributed by atoms with E-state index in [0.29, 0.717) is 10.7 Å². The molecule has 0 radical (unpaired) electrons. The number of hydrogen-bond acceptors (Lipinski definition) is 5. The lowest BCUT2D eigenvalue weighted by molar-refractivity contribution is -0.137. The quantitative estimate of drug-likeness (QED) is 0.565. The van der Waals surface area contributed by atoms with Crippen molar-refractivity contribution in [1.82, 2.24) is 9.88 Å². The minimum atomic E-state index is -3.79. The summed E-state index contributed by atoms with van der Waals surface area (Å²) in [4.78, 5) is 24.2. The van der Waals surface area contributed by atoms with Crippen LogP contribution in [-0.4, -0.2) is 37.7 Å². The number of ether oxygens (including phenoxy) is 1. The van der Waals surface area contributed by atoms with Crippen molar-refractivity contribution in [2.75, 3.05) is 12.9 Å². The molecule has 1 amide bonds. The van der Waals surface area contributed by atoms with Gasteiger partial charge in [0.05, 0.1) is 28.6 Å². The van der Waals surface area contributed by atoms with E-state index < -0.39 is 21.6 Å². The molecular formula is C22H23ClN2O5S. The van der Waals surface area contributed by atoms with Gasteiger partial charge in [-0.05, 0) is 55.3 Å². The number of aryl methyl sites for hydroxylation is 2. The standard InChI is InChI=1S/C22H23ClN2O5S/c1-13-9-18(23)17-11-20(25(3)19(17)10-13)22(27)24-14(2)15-5-7-16(8-6-15)31(28,29)12-21(26)30-4/h5-11,14H,12H2,1-4H3,(H,24,27). The van der Waals surface area contributed by atoms with Gasteiger partial charge in [0, 0.05) is 12.4 Å². The number of methoxy groups -OCH3 is 1. The molecular weight excluding hydrogens is 440 g/mol. The number of benzene rings is 2. The maximum Gasteiger partial charge on any atom is 0.321 e. The number of nitrogens with zero attached hydrogens (tertiary/aromatic N) is 1. The van der Waals surface area contributed by atoms with Crippen molar-refractivity contribution in [2.24, 2.45) is 7.05 Å². The largest absolute Gasteiger partial charge is 0.468 e. The fourth-order valence-electron chi connectivity index (χ4n) is 3.35. The Kier molecular flexibility index (Phi) is 6.43. The summed E-state index contributed by atoms with van der Waals surface area (Å²) in [7, 11) is -0.847. The van der Waals surface area contributed by atoms with Gasteiger partial charge in [0.25, 0.3) is 5.91 Å². The maximum atomic E-state index is 12.9. The molecule has 1 heterocycles. The second-order valence-corrected chi connectivity index (χ2v) is 9.76. The summed E-state index contributed by atoms with van der Waals surface area (Å²) >= 11 is 6.32. The fraction of sp³-hybridized carbons (Fsp3) is 0.273. The second-order valence-electron chi connectivity index (χ2n) is 7.37. The molecule has 0 saturated heterocycles. The van der Waals surface area contributed by atoms with Crippen LogP contribution in [-0.2, 0) is 26.4 Å². The monoisotopic (exact) mass is 462 g/mol. The van der Waals surface area contributed by atoms with E-state index in [1.54, 1.807) is 36.7 Å². The number of aromatic nitrogens is 1. The van der Waals surface area contributed by atoms with Gasteiger partial charge in [-0.3, -0.25) is 9.59 Å². The number of esters is 1. The lowest BCUT2D eigenvalue weighted by Crippen LogP contribution is -2.28. The van der Waals surface area contributed by atoms with Gasteiger partial charge >= 0.3 is 5.97 Å². The number of carbonyl (C=O) groups is 2. The van der Waals surface area contributed by atoms with Gasteiger partial charge in [-0.1, -0.05) is 23.7 Å². The second kappa shape index (κ2) is 8.72. The Morgan fingerprint density at radius 2 is 1.81 bits per heavy atom. The van der Waals surface area contributed by atoms with E-state index in [-0.39, 0.29) is 16.8 Å². The zero-order chi connectivity index (χ0) is 22.9. The average Bonchev–Trinajstić information content (AvgIpc) is 3.04. The first kappa shape index (κ1) is 22.8. The fourth-order valence-corrected chi connectivity index (χ4v) is 4.82. The molecule has 0 fully saturated rings. The van der Waals surface area contributed by atoms with Crippen molar-refractivity contribution >= 4 is 44.2 Å². The molecule has 0 saturated carbocycles. The molecule has 3 aromatic rings. The average molecular weight is 463 g/mol. The van der Waals surface area contributed by atoms with Crippen LogP contribution in [0.4, 0.5) is 0 Å². The Morgan fingerprint density at radius 1 is 1.16 bits per heavy atom. The molecule has 1 atom stereocenters. The van der Waals surface area contributed by atoms with Crippen LogP contribution in [0.3, 0.4) is 0 Å². The first-order valence-corrected chi connectivity index (χ1v) is 11.5. The summed E-state index contributed by atoms with van der Waals surface area (Å²) < 4.78 is 30.7. The third-order valence-corrected chi connectivity index (χ3v) is 7.03. The number of carbonyl (C=O) groups excluding carboxylic acids is 2. The van der Waals surface area contributed by atoms with E-state index in [4.69, 9.17) is 11.6 Å². The van der Waals surface area contributed by atoms with Crippen LogP contribution in [0.15, 0.2) is 47.4 Å². The number of hydrogen-bond donors (Lipinski definition) is 1. The molecule has 3 rings (SSSR count). The molecule has 164 valence electrons. The van der Waals surface area contributed by atoms with Crippen LogP contribution < -0.4 is 5.32 Å². The highest BCUT2D eigenvalue weighted by Crippen LogP contribution is 2.28. The van der Waals surface area contributed by atoms with Crippen molar-refractivity contribution in [3.05, 3.63) is 64.3 Å². The predicted octanol–water partition coefficient (Wildman–Crippen LogP) is 3.58. The lowest BCUT2D eigenvalue weighted by atomic mass is 10.1. The number of sulfone groups is 1. The minimum Gasteiger partial charge on any atom is -0.468 e. The third-order valence-electron chi connectivity index (χ3n) is 5.11. The van der Waals surface area contributed by atoms with Gasteiger partial charge < -0.3 is 14.6 Å². The van der Waals surface area contributed by atoms with E-state index in [0.717, 1.165) is 29.1 Å². The molecule has 31 heavy (non-hydrogen) atoms. The number of nitrogens with one attached hydrogen (secondary N) is 1. The van der Waals surface area contributed by atoms with E-state index in [2.05, 4.69) is 10.1 Å². The highest BCUT2D eigenvalue weighted by atomic mass is 35.5. The van der Waals surface area contributed by atoms with Gasteiger partial charge in [0.2, 0.25) is 0 Å². The summed E-state index contributed by atoms with van der Waals surface area (Å²) in [6, 6.07) is 11.2.